The summed E-state index contributed by atoms with van der Waals surface area (Å²) in [6.07, 6.45) is 0.865. The van der Waals surface area contributed by atoms with Gasteiger partial charge in [0.1, 0.15) is 4.88 Å². The van der Waals surface area contributed by atoms with Crippen molar-refractivity contribution in [2.24, 2.45) is 0 Å². The molecule has 4 N–H and O–H groups in total. The van der Waals surface area contributed by atoms with E-state index in [1.807, 2.05) is 6.92 Å². The summed E-state index contributed by atoms with van der Waals surface area (Å²) in [5.74, 6) is -0.515. The van der Waals surface area contributed by atoms with Gasteiger partial charge in [-0.2, -0.15) is 0 Å². The van der Waals surface area contributed by atoms with Crippen LogP contribution < -0.4 is 16.4 Å². The minimum Gasteiger partial charge on any atom is -0.375 e. The lowest BCUT2D eigenvalue weighted by Crippen LogP contribution is -2.37. The summed E-state index contributed by atoms with van der Waals surface area (Å²) in [4.78, 5) is 27.3. The minimum absolute atomic E-state index is 0.0317. The standard InChI is InChI=1S/C10H16N4O2S/c1-3-4-12-7(15)5-13-9(16)8-6(2)14-10(11)17-8/h3-5H2,1-2H3,(H2,11,14)(H,12,15)(H,13,16). The number of aryl methyl sites for hydroxylation is 1. The Bertz CT molecular complexity index is 416. The number of carbonyl (C=O) groups excluding carboxylic acids is 2. The number of nitrogens with two attached hydrogens (primary N) is 1. The summed E-state index contributed by atoms with van der Waals surface area (Å²) in [6.45, 7) is 4.25. The Morgan fingerprint density at radius 2 is 2.12 bits per heavy atom. The quantitative estimate of drug-likeness (QED) is 0.705. The van der Waals surface area contributed by atoms with Gasteiger partial charge in [-0.1, -0.05) is 18.3 Å². The predicted octanol–water partition coefficient (Wildman–Crippen LogP) is 0.290. The molecule has 6 nitrogen and oxygen atoms in total. The van der Waals surface area contributed by atoms with E-state index in [1.165, 1.54) is 0 Å². The highest BCUT2D eigenvalue weighted by atomic mass is 32.1. The zero-order chi connectivity index (χ0) is 12.8. The molecule has 0 aliphatic carbocycles. The van der Waals surface area contributed by atoms with E-state index >= 15 is 0 Å². The van der Waals surface area contributed by atoms with Crippen molar-refractivity contribution in [3.05, 3.63) is 10.6 Å². The van der Waals surface area contributed by atoms with E-state index in [9.17, 15) is 9.59 Å². The van der Waals surface area contributed by atoms with Crippen LogP contribution in [0.2, 0.25) is 0 Å². The smallest absolute Gasteiger partial charge is 0.263 e. The minimum atomic E-state index is -0.316. The van der Waals surface area contributed by atoms with Crippen molar-refractivity contribution in [2.75, 3.05) is 18.8 Å². The maximum Gasteiger partial charge on any atom is 0.263 e. The van der Waals surface area contributed by atoms with Gasteiger partial charge in [-0.3, -0.25) is 9.59 Å². The molecule has 1 heterocycles. The van der Waals surface area contributed by atoms with E-state index < -0.39 is 0 Å². The lowest BCUT2D eigenvalue weighted by molar-refractivity contribution is -0.120. The number of aromatic nitrogens is 1. The first-order valence-corrected chi connectivity index (χ1v) is 6.14. The van der Waals surface area contributed by atoms with Crippen LogP contribution in [0.25, 0.3) is 0 Å². The summed E-state index contributed by atoms with van der Waals surface area (Å²) >= 11 is 1.11. The molecule has 0 saturated heterocycles. The summed E-state index contributed by atoms with van der Waals surface area (Å²) in [5, 5.41) is 5.54. The van der Waals surface area contributed by atoms with Gasteiger partial charge in [-0.15, -0.1) is 0 Å². The third-order valence-corrected chi connectivity index (χ3v) is 2.99. The Kier molecular flexibility index (Phi) is 4.89. The predicted molar refractivity (Wildman–Crippen MR) is 66.9 cm³/mol. The number of nitrogens with zero attached hydrogens (tertiary/aromatic N) is 1. The molecule has 1 aromatic rings. The van der Waals surface area contributed by atoms with Crippen LogP contribution in [0.15, 0.2) is 0 Å². The Morgan fingerprint density at radius 3 is 2.65 bits per heavy atom. The molecule has 17 heavy (non-hydrogen) atoms. The highest BCUT2D eigenvalue weighted by Gasteiger charge is 2.14. The second-order valence-electron chi connectivity index (χ2n) is 3.50. The highest BCUT2D eigenvalue weighted by molar-refractivity contribution is 7.17. The lowest BCUT2D eigenvalue weighted by atomic mass is 10.3. The normalized spacial score (nSPS) is 10.0. The molecule has 1 aromatic heterocycles. The van der Waals surface area contributed by atoms with E-state index in [0.717, 1.165) is 17.8 Å². The van der Waals surface area contributed by atoms with Gasteiger partial charge in [0.05, 0.1) is 12.2 Å². The molecule has 7 heteroatoms. The molecule has 0 atom stereocenters. The molecule has 0 aromatic carbocycles. The molecule has 94 valence electrons. The van der Waals surface area contributed by atoms with Crippen molar-refractivity contribution >= 4 is 28.3 Å². The molecule has 0 aliphatic rings. The van der Waals surface area contributed by atoms with E-state index in [4.69, 9.17) is 5.73 Å². The fourth-order valence-corrected chi connectivity index (χ4v) is 1.95. The fourth-order valence-electron chi connectivity index (χ4n) is 1.20. The van der Waals surface area contributed by atoms with Crippen molar-refractivity contribution in [2.45, 2.75) is 20.3 Å². The van der Waals surface area contributed by atoms with E-state index in [2.05, 4.69) is 15.6 Å². The van der Waals surface area contributed by atoms with Gasteiger partial charge in [0.2, 0.25) is 5.91 Å². The zero-order valence-corrected chi connectivity index (χ0v) is 10.7. The average molecular weight is 256 g/mol. The van der Waals surface area contributed by atoms with Crippen molar-refractivity contribution in [3.8, 4) is 0 Å². The van der Waals surface area contributed by atoms with Crippen molar-refractivity contribution in [1.82, 2.24) is 15.6 Å². The number of carbonyl (C=O) groups is 2. The maximum atomic E-state index is 11.7. The first-order chi connectivity index (χ1) is 8.04. The largest absolute Gasteiger partial charge is 0.375 e. The van der Waals surface area contributed by atoms with Crippen LogP contribution in [0.3, 0.4) is 0 Å². The topological polar surface area (TPSA) is 97.1 Å². The molecule has 0 aliphatic heterocycles. The van der Waals surface area contributed by atoms with Gasteiger partial charge in [0.15, 0.2) is 5.13 Å². The lowest BCUT2D eigenvalue weighted by Gasteiger charge is -2.04. The Balaban J connectivity index is 2.45. The van der Waals surface area contributed by atoms with Crippen molar-refractivity contribution < 1.29 is 9.59 Å². The number of nitrogens with one attached hydrogen (secondary N) is 2. The third kappa shape index (κ3) is 4.03. The van der Waals surface area contributed by atoms with Crippen molar-refractivity contribution in [1.29, 1.82) is 0 Å². The van der Waals surface area contributed by atoms with E-state index in [1.54, 1.807) is 6.92 Å². The van der Waals surface area contributed by atoms with Crippen LogP contribution in [0.4, 0.5) is 5.13 Å². The molecular weight excluding hydrogens is 240 g/mol. The number of thiazole rings is 1. The van der Waals surface area contributed by atoms with Crippen LogP contribution >= 0.6 is 11.3 Å². The van der Waals surface area contributed by atoms with Crippen molar-refractivity contribution in [3.63, 3.8) is 0 Å². The van der Waals surface area contributed by atoms with Crippen LogP contribution in [0.1, 0.15) is 28.7 Å². The summed E-state index contributed by atoms with van der Waals surface area (Å²) < 4.78 is 0. The summed E-state index contributed by atoms with van der Waals surface area (Å²) in [7, 11) is 0. The Hall–Kier alpha value is -1.63. The molecule has 0 saturated carbocycles. The molecule has 1 rings (SSSR count). The van der Waals surface area contributed by atoms with Crippen LogP contribution in [-0.2, 0) is 4.79 Å². The van der Waals surface area contributed by atoms with Gasteiger partial charge in [0, 0.05) is 6.54 Å². The van der Waals surface area contributed by atoms with E-state index in [-0.39, 0.29) is 18.4 Å². The highest BCUT2D eigenvalue weighted by Crippen LogP contribution is 2.18. The second kappa shape index (κ2) is 6.19. The molecular formula is C10H16N4O2S. The van der Waals surface area contributed by atoms with Crippen LogP contribution in [0, 0.1) is 6.92 Å². The van der Waals surface area contributed by atoms with Gasteiger partial charge in [-0.25, -0.2) is 4.98 Å². The number of rotatable bonds is 5. The zero-order valence-electron chi connectivity index (χ0n) is 9.87. The van der Waals surface area contributed by atoms with Gasteiger partial charge < -0.3 is 16.4 Å². The van der Waals surface area contributed by atoms with Crippen LogP contribution in [0.5, 0.6) is 0 Å². The van der Waals surface area contributed by atoms with Gasteiger partial charge in [0.25, 0.3) is 5.91 Å². The SMILES string of the molecule is CCCNC(=O)CNC(=O)c1sc(N)nc1C. The molecule has 0 unspecified atom stereocenters. The van der Waals surface area contributed by atoms with Gasteiger partial charge >= 0.3 is 0 Å². The number of hydrogen-bond donors (Lipinski definition) is 3. The van der Waals surface area contributed by atoms with Gasteiger partial charge in [-0.05, 0) is 13.3 Å². The Morgan fingerprint density at radius 1 is 1.41 bits per heavy atom. The monoisotopic (exact) mass is 256 g/mol. The number of hydrogen-bond acceptors (Lipinski definition) is 5. The summed E-state index contributed by atoms with van der Waals surface area (Å²) in [6, 6.07) is 0. The first-order valence-electron chi connectivity index (χ1n) is 5.32. The second-order valence-corrected chi connectivity index (χ2v) is 4.53. The van der Waals surface area contributed by atoms with Crippen LogP contribution in [-0.4, -0.2) is 29.9 Å². The molecule has 2 amide bonds. The molecule has 0 bridgehead atoms. The fraction of sp³-hybridized carbons (Fsp3) is 0.500. The summed E-state index contributed by atoms with van der Waals surface area (Å²) in [5.41, 5.74) is 6.07. The number of nitrogen functional groups attached to an aromatic ring is 1. The molecule has 0 fully saturated rings. The third-order valence-electron chi connectivity index (χ3n) is 2.00. The molecule has 0 radical (unpaired) electrons. The molecule has 0 spiro atoms. The number of anilines is 1. The maximum absolute atomic E-state index is 11.7. The first kappa shape index (κ1) is 13.4. The average Bonchev–Trinajstić information content (AvgIpc) is 2.62. The Labute approximate surface area is 104 Å². The van der Waals surface area contributed by atoms with E-state index in [0.29, 0.717) is 22.2 Å². The number of amides is 2.